The molecule has 2 heterocycles. The van der Waals surface area contributed by atoms with Gasteiger partial charge in [0.1, 0.15) is 7.11 Å². The number of pyridine rings is 1. The van der Waals surface area contributed by atoms with Crippen LogP contribution in [0.5, 0.6) is 0 Å². The van der Waals surface area contributed by atoms with E-state index in [1.807, 2.05) is 32.9 Å². The number of aromatic nitrogens is 1. The Balaban J connectivity index is 2.36. The van der Waals surface area contributed by atoms with Crippen molar-refractivity contribution in [2.45, 2.75) is 26.3 Å². The van der Waals surface area contributed by atoms with E-state index in [1.165, 1.54) is 7.11 Å². The Bertz CT molecular complexity index is 542. The highest BCUT2D eigenvalue weighted by Gasteiger charge is 2.45. The Morgan fingerprint density at radius 1 is 1.32 bits per heavy atom. The Kier molecular flexibility index (Phi) is 3.38. The van der Waals surface area contributed by atoms with Crippen molar-refractivity contribution in [3.05, 3.63) is 35.7 Å². The molecule has 5 heteroatoms. The van der Waals surface area contributed by atoms with Gasteiger partial charge in [0.15, 0.2) is 5.84 Å². The molecule has 0 bridgehead atoms. The molecule has 0 aliphatic carbocycles. The Hall–Kier alpha value is -2.17. The van der Waals surface area contributed by atoms with E-state index < -0.39 is 0 Å². The summed E-state index contributed by atoms with van der Waals surface area (Å²) in [7, 11) is 1.47. The Morgan fingerprint density at radius 3 is 2.47 bits per heavy atom. The van der Waals surface area contributed by atoms with Crippen molar-refractivity contribution in [3.63, 3.8) is 0 Å². The number of oxime groups is 1. The van der Waals surface area contributed by atoms with Crippen LogP contribution in [0.1, 0.15) is 26.3 Å². The standard InChI is InChI=1S/C14H17N3O2/c1-14(2,3)17-12(16-19-4)11(13(17)18)9-10-5-7-15-8-6-10/h5-9H,1-4H3/b11-9+,16-12?. The molecule has 1 aromatic heterocycles. The second kappa shape index (κ2) is 4.84. The predicted molar refractivity (Wildman–Crippen MR) is 73.3 cm³/mol. The van der Waals surface area contributed by atoms with Gasteiger partial charge in [0.2, 0.25) is 0 Å². The molecule has 0 N–H and O–H groups in total. The minimum atomic E-state index is -0.315. The summed E-state index contributed by atoms with van der Waals surface area (Å²) in [6, 6.07) is 3.68. The van der Waals surface area contributed by atoms with Crippen LogP contribution in [0.25, 0.3) is 6.08 Å². The van der Waals surface area contributed by atoms with Crippen LogP contribution in [-0.2, 0) is 9.63 Å². The number of hydrogen-bond donors (Lipinski definition) is 0. The van der Waals surface area contributed by atoms with Crippen LogP contribution >= 0.6 is 0 Å². The normalized spacial score (nSPS) is 19.8. The summed E-state index contributed by atoms with van der Waals surface area (Å²) in [5.41, 5.74) is 1.16. The number of rotatable bonds is 2. The van der Waals surface area contributed by atoms with E-state index >= 15 is 0 Å². The number of amidine groups is 1. The van der Waals surface area contributed by atoms with Crippen molar-refractivity contribution in [1.29, 1.82) is 0 Å². The van der Waals surface area contributed by atoms with Gasteiger partial charge >= 0.3 is 0 Å². The minimum absolute atomic E-state index is 0.0416. The molecule has 1 aliphatic heterocycles. The fraction of sp³-hybridized carbons (Fsp3) is 0.357. The zero-order chi connectivity index (χ0) is 14.0. The van der Waals surface area contributed by atoms with Crippen LogP contribution < -0.4 is 0 Å². The van der Waals surface area contributed by atoms with Crippen LogP contribution in [0.4, 0.5) is 0 Å². The minimum Gasteiger partial charge on any atom is -0.397 e. The van der Waals surface area contributed by atoms with Crippen LogP contribution in [-0.4, -0.2) is 34.3 Å². The van der Waals surface area contributed by atoms with E-state index in [-0.39, 0.29) is 11.4 Å². The molecule has 1 aromatic rings. The first-order valence-electron chi connectivity index (χ1n) is 6.03. The number of likely N-dealkylation sites (tertiary alicyclic amines) is 1. The van der Waals surface area contributed by atoms with Gasteiger partial charge in [-0.15, -0.1) is 0 Å². The maximum atomic E-state index is 12.2. The van der Waals surface area contributed by atoms with Crippen molar-refractivity contribution in [1.82, 2.24) is 9.88 Å². The second-order valence-corrected chi connectivity index (χ2v) is 5.25. The number of carbonyl (C=O) groups is 1. The van der Waals surface area contributed by atoms with Gasteiger partial charge in [0.25, 0.3) is 5.91 Å². The third kappa shape index (κ3) is 2.50. The maximum absolute atomic E-state index is 12.2. The molecule has 19 heavy (non-hydrogen) atoms. The third-order valence-electron chi connectivity index (χ3n) is 2.75. The Morgan fingerprint density at radius 2 is 1.95 bits per heavy atom. The fourth-order valence-corrected chi connectivity index (χ4v) is 1.93. The summed E-state index contributed by atoms with van der Waals surface area (Å²) in [6.45, 7) is 5.87. The van der Waals surface area contributed by atoms with Gasteiger partial charge in [-0.1, -0.05) is 5.16 Å². The van der Waals surface area contributed by atoms with E-state index in [4.69, 9.17) is 4.84 Å². The molecule has 0 spiro atoms. The molecule has 1 saturated heterocycles. The van der Waals surface area contributed by atoms with E-state index in [2.05, 4.69) is 10.1 Å². The van der Waals surface area contributed by atoms with Crippen LogP contribution in [0, 0.1) is 0 Å². The summed E-state index contributed by atoms with van der Waals surface area (Å²) in [6.07, 6.45) is 5.17. The molecule has 0 radical (unpaired) electrons. The van der Waals surface area contributed by atoms with Crippen molar-refractivity contribution < 1.29 is 9.63 Å². The average Bonchev–Trinajstić information content (AvgIpc) is 2.35. The van der Waals surface area contributed by atoms with E-state index in [0.717, 1.165) is 5.56 Å². The number of amides is 1. The summed E-state index contributed by atoms with van der Waals surface area (Å²) in [5.74, 6) is 0.525. The lowest BCUT2D eigenvalue weighted by Gasteiger charge is -2.43. The zero-order valence-corrected chi connectivity index (χ0v) is 11.5. The third-order valence-corrected chi connectivity index (χ3v) is 2.75. The molecule has 0 atom stereocenters. The second-order valence-electron chi connectivity index (χ2n) is 5.25. The van der Waals surface area contributed by atoms with Crippen molar-refractivity contribution in [3.8, 4) is 0 Å². The largest absolute Gasteiger partial charge is 0.397 e. The molecular formula is C14H17N3O2. The van der Waals surface area contributed by atoms with Crippen LogP contribution in [0.15, 0.2) is 35.3 Å². The fourth-order valence-electron chi connectivity index (χ4n) is 1.93. The molecule has 100 valence electrons. The maximum Gasteiger partial charge on any atom is 0.263 e. The van der Waals surface area contributed by atoms with Crippen LogP contribution in [0.2, 0.25) is 0 Å². The van der Waals surface area contributed by atoms with E-state index in [9.17, 15) is 4.79 Å². The molecule has 0 saturated carbocycles. The summed E-state index contributed by atoms with van der Waals surface area (Å²) in [5, 5.41) is 3.94. The van der Waals surface area contributed by atoms with Gasteiger partial charge in [0, 0.05) is 17.9 Å². The van der Waals surface area contributed by atoms with Crippen molar-refractivity contribution in [2.24, 2.45) is 5.16 Å². The lowest BCUT2D eigenvalue weighted by Crippen LogP contribution is -2.60. The van der Waals surface area contributed by atoms with Crippen molar-refractivity contribution in [2.75, 3.05) is 7.11 Å². The van der Waals surface area contributed by atoms with Crippen molar-refractivity contribution >= 4 is 17.8 Å². The molecule has 0 unspecified atom stereocenters. The highest BCUT2D eigenvalue weighted by atomic mass is 16.6. The molecular weight excluding hydrogens is 242 g/mol. The van der Waals surface area contributed by atoms with E-state index in [1.54, 1.807) is 23.4 Å². The van der Waals surface area contributed by atoms with Gasteiger partial charge in [-0.25, -0.2) is 0 Å². The zero-order valence-electron chi connectivity index (χ0n) is 11.5. The molecule has 2 rings (SSSR count). The molecule has 1 fully saturated rings. The quantitative estimate of drug-likeness (QED) is 0.464. The molecule has 0 aromatic carbocycles. The monoisotopic (exact) mass is 259 g/mol. The number of carbonyl (C=O) groups excluding carboxylic acids is 1. The SMILES string of the molecule is CON=C1/C(=C\c2ccncc2)C(=O)N1C(C)(C)C. The molecule has 1 aliphatic rings. The van der Waals surface area contributed by atoms with Gasteiger partial charge in [-0.3, -0.25) is 14.7 Å². The lowest BCUT2D eigenvalue weighted by molar-refractivity contribution is -0.129. The highest BCUT2D eigenvalue weighted by Crippen LogP contribution is 2.30. The Labute approximate surface area is 112 Å². The van der Waals surface area contributed by atoms with Gasteiger partial charge in [0.05, 0.1) is 5.57 Å². The topological polar surface area (TPSA) is 54.8 Å². The van der Waals surface area contributed by atoms with Crippen LogP contribution in [0.3, 0.4) is 0 Å². The molecule has 5 nitrogen and oxygen atoms in total. The predicted octanol–water partition coefficient (Wildman–Crippen LogP) is 2.07. The van der Waals surface area contributed by atoms with Gasteiger partial charge < -0.3 is 4.84 Å². The number of nitrogens with zero attached hydrogens (tertiary/aromatic N) is 3. The molecule has 1 amide bonds. The number of hydrogen-bond acceptors (Lipinski definition) is 4. The first-order valence-corrected chi connectivity index (χ1v) is 6.03. The van der Waals surface area contributed by atoms with E-state index in [0.29, 0.717) is 11.4 Å². The average molecular weight is 259 g/mol. The lowest BCUT2D eigenvalue weighted by atomic mass is 9.93. The summed E-state index contributed by atoms with van der Waals surface area (Å²) in [4.78, 5) is 22.6. The van der Waals surface area contributed by atoms with Gasteiger partial charge in [-0.2, -0.15) is 0 Å². The first kappa shape index (κ1) is 13.3. The number of β-lactam (4-membered cyclic amide) rings is 1. The smallest absolute Gasteiger partial charge is 0.263 e. The van der Waals surface area contributed by atoms with Gasteiger partial charge in [-0.05, 0) is 44.5 Å². The summed E-state index contributed by atoms with van der Waals surface area (Å²) >= 11 is 0. The first-order chi connectivity index (χ1) is 8.95. The highest BCUT2D eigenvalue weighted by molar-refractivity contribution is 6.38. The summed E-state index contributed by atoms with van der Waals surface area (Å²) < 4.78 is 0.